The minimum Gasteiger partial charge on any atom is -0.489 e. The number of rotatable bonds is 6. The molecule has 0 saturated heterocycles. The number of ether oxygens (including phenoxy) is 1. The van der Waals surface area contributed by atoms with Crippen LogP contribution in [0.3, 0.4) is 0 Å². The van der Waals surface area contributed by atoms with Gasteiger partial charge in [-0.05, 0) is 48.9 Å². The second kappa shape index (κ2) is 7.18. The molecule has 112 valence electrons. The molecule has 21 heavy (non-hydrogen) atoms. The molecule has 1 N–H and O–H groups in total. The first-order valence-corrected chi connectivity index (χ1v) is 7.00. The van der Waals surface area contributed by atoms with Crippen LogP contribution in [0.1, 0.15) is 31.0 Å². The third kappa shape index (κ3) is 4.26. The summed E-state index contributed by atoms with van der Waals surface area (Å²) in [7, 11) is 0. The second-order valence-corrected chi connectivity index (χ2v) is 4.89. The molecular weight excluding hydrogens is 272 g/mol. The van der Waals surface area contributed by atoms with Gasteiger partial charge in [0.05, 0.1) is 0 Å². The fourth-order valence-electron chi connectivity index (χ4n) is 2.09. The van der Waals surface area contributed by atoms with Gasteiger partial charge in [-0.2, -0.15) is 0 Å². The SMILES string of the molecule is CCNC(C)c1cccc(OCc2ccc(F)c(F)c2)c1. The van der Waals surface area contributed by atoms with Gasteiger partial charge in [0, 0.05) is 6.04 Å². The monoisotopic (exact) mass is 291 g/mol. The summed E-state index contributed by atoms with van der Waals surface area (Å²) >= 11 is 0. The van der Waals surface area contributed by atoms with Crippen molar-refractivity contribution < 1.29 is 13.5 Å². The van der Waals surface area contributed by atoms with Crippen LogP contribution in [0.4, 0.5) is 8.78 Å². The molecule has 0 aliphatic rings. The van der Waals surface area contributed by atoms with Crippen LogP contribution in [-0.2, 0) is 6.61 Å². The molecule has 2 aromatic carbocycles. The maximum atomic E-state index is 13.1. The van der Waals surface area contributed by atoms with Crippen LogP contribution in [0, 0.1) is 11.6 Å². The van der Waals surface area contributed by atoms with E-state index >= 15 is 0 Å². The van der Waals surface area contributed by atoms with Crippen molar-refractivity contribution in [3.8, 4) is 5.75 Å². The van der Waals surface area contributed by atoms with E-state index in [2.05, 4.69) is 19.2 Å². The number of nitrogens with one attached hydrogen (secondary N) is 1. The maximum Gasteiger partial charge on any atom is 0.159 e. The summed E-state index contributed by atoms with van der Waals surface area (Å²) in [4.78, 5) is 0. The highest BCUT2D eigenvalue weighted by molar-refractivity contribution is 5.30. The van der Waals surface area contributed by atoms with E-state index in [1.165, 1.54) is 6.07 Å². The quantitative estimate of drug-likeness (QED) is 0.860. The molecule has 0 radical (unpaired) electrons. The number of hydrogen-bond acceptors (Lipinski definition) is 2. The molecule has 1 atom stereocenters. The molecule has 4 heteroatoms. The van der Waals surface area contributed by atoms with Crippen LogP contribution in [-0.4, -0.2) is 6.54 Å². The van der Waals surface area contributed by atoms with E-state index in [0.29, 0.717) is 11.3 Å². The highest BCUT2D eigenvalue weighted by Crippen LogP contribution is 2.20. The van der Waals surface area contributed by atoms with Crippen LogP contribution in [0.15, 0.2) is 42.5 Å². The lowest BCUT2D eigenvalue weighted by atomic mass is 10.1. The highest BCUT2D eigenvalue weighted by Gasteiger charge is 2.06. The first kappa shape index (κ1) is 15.4. The van der Waals surface area contributed by atoms with Gasteiger partial charge in [-0.15, -0.1) is 0 Å². The van der Waals surface area contributed by atoms with Crippen molar-refractivity contribution in [1.29, 1.82) is 0 Å². The van der Waals surface area contributed by atoms with Crippen molar-refractivity contribution in [3.63, 3.8) is 0 Å². The zero-order valence-corrected chi connectivity index (χ0v) is 12.2. The predicted molar refractivity (Wildman–Crippen MR) is 79.2 cm³/mol. The second-order valence-electron chi connectivity index (χ2n) is 4.89. The summed E-state index contributed by atoms with van der Waals surface area (Å²) in [5.74, 6) is -0.993. The van der Waals surface area contributed by atoms with E-state index in [0.717, 1.165) is 24.2 Å². The van der Waals surface area contributed by atoms with Gasteiger partial charge in [0.15, 0.2) is 11.6 Å². The topological polar surface area (TPSA) is 21.3 Å². The molecule has 2 nitrogen and oxygen atoms in total. The minimum atomic E-state index is -0.856. The van der Waals surface area contributed by atoms with E-state index in [4.69, 9.17) is 4.74 Å². The Labute approximate surface area is 123 Å². The van der Waals surface area contributed by atoms with Gasteiger partial charge in [-0.1, -0.05) is 25.1 Å². The fraction of sp³-hybridized carbons (Fsp3) is 0.294. The molecule has 0 amide bonds. The van der Waals surface area contributed by atoms with E-state index in [-0.39, 0.29) is 12.6 Å². The Hall–Kier alpha value is -1.94. The Bertz CT molecular complexity index is 601. The van der Waals surface area contributed by atoms with Gasteiger partial charge in [-0.3, -0.25) is 0 Å². The number of halogens is 2. The molecule has 1 unspecified atom stereocenters. The molecule has 0 aliphatic carbocycles. The van der Waals surface area contributed by atoms with Crippen LogP contribution >= 0.6 is 0 Å². The third-order valence-corrected chi connectivity index (χ3v) is 3.26. The Balaban J connectivity index is 2.02. The Morgan fingerprint density at radius 2 is 1.90 bits per heavy atom. The van der Waals surface area contributed by atoms with E-state index < -0.39 is 11.6 Å². The van der Waals surface area contributed by atoms with Crippen molar-refractivity contribution in [3.05, 3.63) is 65.2 Å². The summed E-state index contributed by atoms with van der Waals surface area (Å²) in [6.07, 6.45) is 0. The molecule has 2 rings (SSSR count). The zero-order valence-electron chi connectivity index (χ0n) is 12.2. The molecule has 2 aromatic rings. The molecule has 0 spiro atoms. The number of benzene rings is 2. The molecule has 0 aromatic heterocycles. The summed E-state index contributed by atoms with van der Waals surface area (Å²) in [6, 6.07) is 11.8. The standard InChI is InChI=1S/C17H19F2NO/c1-3-20-12(2)14-5-4-6-15(10-14)21-11-13-7-8-16(18)17(19)9-13/h4-10,12,20H,3,11H2,1-2H3. The van der Waals surface area contributed by atoms with Gasteiger partial charge in [0.25, 0.3) is 0 Å². The molecule has 0 saturated carbocycles. The molecule has 0 heterocycles. The Morgan fingerprint density at radius 1 is 1.10 bits per heavy atom. The van der Waals surface area contributed by atoms with E-state index in [9.17, 15) is 8.78 Å². The summed E-state index contributed by atoms with van der Waals surface area (Å²) in [6.45, 7) is 5.23. The van der Waals surface area contributed by atoms with Crippen molar-refractivity contribution in [2.45, 2.75) is 26.5 Å². The van der Waals surface area contributed by atoms with Gasteiger partial charge in [-0.25, -0.2) is 8.78 Å². The third-order valence-electron chi connectivity index (χ3n) is 3.26. The van der Waals surface area contributed by atoms with Crippen molar-refractivity contribution in [1.82, 2.24) is 5.32 Å². The number of hydrogen-bond donors (Lipinski definition) is 1. The summed E-state index contributed by atoms with van der Waals surface area (Å²) in [5, 5.41) is 3.33. The normalized spacial score (nSPS) is 12.2. The summed E-state index contributed by atoms with van der Waals surface area (Å²) in [5.41, 5.74) is 1.72. The average Bonchev–Trinajstić information content (AvgIpc) is 2.49. The van der Waals surface area contributed by atoms with E-state index in [1.807, 2.05) is 24.3 Å². The highest BCUT2D eigenvalue weighted by atomic mass is 19.2. The van der Waals surface area contributed by atoms with Crippen LogP contribution in [0.2, 0.25) is 0 Å². The van der Waals surface area contributed by atoms with E-state index in [1.54, 1.807) is 0 Å². The van der Waals surface area contributed by atoms with Crippen molar-refractivity contribution in [2.24, 2.45) is 0 Å². The maximum absolute atomic E-state index is 13.1. The van der Waals surface area contributed by atoms with Crippen LogP contribution in [0.5, 0.6) is 5.75 Å². The lowest BCUT2D eigenvalue weighted by Crippen LogP contribution is -2.17. The largest absolute Gasteiger partial charge is 0.489 e. The smallest absolute Gasteiger partial charge is 0.159 e. The minimum absolute atomic E-state index is 0.205. The van der Waals surface area contributed by atoms with Gasteiger partial charge in [0.1, 0.15) is 12.4 Å². The first-order chi connectivity index (χ1) is 10.1. The van der Waals surface area contributed by atoms with Gasteiger partial charge in [0.2, 0.25) is 0 Å². The first-order valence-electron chi connectivity index (χ1n) is 7.00. The Kier molecular flexibility index (Phi) is 5.28. The zero-order chi connectivity index (χ0) is 15.2. The van der Waals surface area contributed by atoms with Crippen LogP contribution < -0.4 is 10.1 Å². The van der Waals surface area contributed by atoms with Gasteiger partial charge >= 0.3 is 0 Å². The molecule has 0 fully saturated rings. The fourth-order valence-corrected chi connectivity index (χ4v) is 2.09. The molecule has 0 aliphatic heterocycles. The van der Waals surface area contributed by atoms with Crippen LogP contribution in [0.25, 0.3) is 0 Å². The molecule has 0 bridgehead atoms. The average molecular weight is 291 g/mol. The van der Waals surface area contributed by atoms with Gasteiger partial charge < -0.3 is 10.1 Å². The predicted octanol–water partition coefficient (Wildman–Crippen LogP) is 4.21. The lowest BCUT2D eigenvalue weighted by Gasteiger charge is -2.14. The summed E-state index contributed by atoms with van der Waals surface area (Å²) < 4.78 is 31.6. The van der Waals surface area contributed by atoms with Crippen molar-refractivity contribution in [2.75, 3.05) is 6.54 Å². The molecular formula is C17H19F2NO. The van der Waals surface area contributed by atoms with Crippen molar-refractivity contribution >= 4 is 0 Å². The Morgan fingerprint density at radius 3 is 2.62 bits per heavy atom. The lowest BCUT2D eigenvalue weighted by molar-refractivity contribution is 0.304.